The first kappa shape index (κ1) is 18.0. The quantitative estimate of drug-likeness (QED) is 0.747. The molecule has 0 saturated carbocycles. The Morgan fingerprint density at radius 2 is 1.35 bits per heavy atom. The van der Waals surface area contributed by atoms with Crippen LogP contribution in [0.4, 0.5) is 0 Å². The Labute approximate surface area is 142 Å². The number of benzene rings is 2. The summed E-state index contributed by atoms with van der Waals surface area (Å²) < 4.78 is 0. The van der Waals surface area contributed by atoms with E-state index in [-0.39, 0.29) is 5.92 Å². The van der Waals surface area contributed by atoms with Gasteiger partial charge in [-0.25, -0.2) is 0 Å². The van der Waals surface area contributed by atoms with Crippen LogP contribution >= 0.6 is 0 Å². The van der Waals surface area contributed by atoms with E-state index in [1.54, 1.807) is 0 Å². The molecule has 0 aliphatic rings. The summed E-state index contributed by atoms with van der Waals surface area (Å²) in [6.07, 6.45) is 0.808. The van der Waals surface area contributed by atoms with Gasteiger partial charge in [-0.2, -0.15) is 0 Å². The van der Waals surface area contributed by atoms with E-state index in [4.69, 9.17) is 0 Å². The van der Waals surface area contributed by atoms with Gasteiger partial charge in [0, 0.05) is 0 Å². The lowest BCUT2D eigenvalue weighted by Gasteiger charge is -2.40. The van der Waals surface area contributed by atoms with Crippen molar-refractivity contribution < 1.29 is 5.11 Å². The molecule has 1 nitrogen and oxygen atoms in total. The van der Waals surface area contributed by atoms with E-state index in [1.807, 2.05) is 18.2 Å². The molecule has 1 N–H and O–H groups in total. The third-order valence-electron chi connectivity index (χ3n) is 5.60. The third-order valence-corrected chi connectivity index (χ3v) is 10.1. The summed E-state index contributed by atoms with van der Waals surface area (Å²) in [4.78, 5) is 0. The molecule has 23 heavy (non-hydrogen) atoms. The summed E-state index contributed by atoms with van der Waals surface area (Å²) >= 11 is 0. The van der Waals surface area contributed by atoms with Gasteiger partial charge in [0.2, 0.25) is 0 Å². The second-order valence-corrected chi connectivity index (χ2v) is 12.6. The lowest BCUT2D eigenvalue weighted by atomic mass is 9.80. The topological polar surface area (TPSA) is 20.2 Å². The van der Waals surface area contributed by atoms with E-state index in [9.17, 15) is 5.11 Å². The highest BCUT2D eigenvalue weighted by Gasteiger charge is 2.40. The minimum absolute atomic E-state index is 0.188. The number of aliphatic hydroxyl groups is 1. The monoisotopic (exact) mass is 326 g/mol. The van der Waals surface area contributed by atoms with Gasteiger partial charge in [0.05, 0.1) is 13.7 Å². The molecule has 0 spiro atoms. The fourth-order valence-electron chi connectivity index (χ4n) is 3.29. The molecule has 0 aromatic heterocycles. The molecule has 0 saturated heterocycles. The first-order chi connectivity index (χ1) is 10.8. The molecule has 2 atom stereocenters. The summed E-state index contributed by atoms with van der Waals surface area (Å²) in [5.41, 5.74) is 0.761. The van der Waals surface area contributed by atoms with Crippen molar-refractivity contribution in [3.8, 4) is 0 Å². The van der Waals surface area contributed by atoms with Gasteiger partial charge in [-0.15, -0.1) is 0 Å². The van der Waals surface area contributed by atoms with Gasteiger partial charge >= 0.3 is 0 Å². The van der Waals surface area contributed by atoms with E-state index in [1.165, 1.54) is 5.19 Å². The second-order valence-electron chi connectivity index (χ2n) is 7.64. The van der Waals surface area contributed by atoms with Gasteiger partial charge < -0.3 is 5.11 Å². The van der Waals surface area contributed by atoms with Crippen LogP contribution in [0.1, 0.15) is 32.8 Å². The van der Waals surface area contributed by atoms with Crippen LogP contribution in [0.25, 0.3) is 0 Å². The molecular weight excluding hydrogens is 296 g/mol. The molecule has 0 fully saturated rings. The Kier molecular flexibility index (Phi) is 5.48. The van der Waals surface area contributed by atoms with Gasteiger partial charge in [-0.3, -0.25) is 0 Å². The maximum Gasteiger partial charge on any atom is 0.0919 e. The second kappa shape index (κ2) is 7.02. The van der Waals surface area contributed by atoms with Crippen LogP contribution in [0.15, 0.2) is 60.7 Å². The van der Waals surface area contributed by atoms with Crippen LogP contribution in [0.5, 0.6) is 0 Å². The van der Waals surface area contributed by atoms with Crippen molar-refractivity contribution in [2.24, 2.45) is 5.92 Å². The molecule has 2 aromatic carbocycles. The van der Waals surface area contributed by atoms with Crippen LogP contribution in [0.2, 0.25) is 18.6 Å². The standard InChI is InChI=1S/C21H30OSi/c1-17(2)21(22,19-12-8-6-9-13-19)16-18(3)23(4,5)20-14-10-7-11-15-20/h6-15,17-18,22H,16H2,1-5H3/t18-,21+/m1/s1. The molecule has 0 radical (unpaired) electrons. The molecular formula is C21H30OSi. The smallest absolute Gasteiger partial charge is 0.0919 e. The highest BCUT2D eigenvalue weighted by atomic mass is 28.3. The molecule has 0 heterocycles. The van der Waals surface area contributed by atoms with E-state index >= 15 is 0 Å². The summed E-state index contributed by atoms with van der Waals surface area (Å²) in [5.74, 6) is 0.188. The summed E-state index contributed by atoms with van der Waals surface area (Å²) in [6.45, 7) is 11.4. The zero-order valence-electron chi connectivity index (χ0n) is 15.1. The SMILES string of the molecule is CC(C)[C@@](O)(C[C@@H](C)[Si](C)(C)c1ccccc1)c1ccccc1. The number of rotatable bonds is 6. The zero-order chi connectivity index (χ0) is 17.1. The predicted molar refractivity (Wildman–Crippen MR) is 103 cm³/mol. The van der Waals surface area contributed by atoms with Crippen molar-refractivity contribution in [3.05, 3.63) is 66.2 Å². The highest BCUT2D eigenvalue weighted by molar-refractivity contribution is 6.90. The summed E-state index contributed by atoms with van der Waals surface area (Å²) in [5, 5.41) is 12.9. The van der Waals surface area contributed by atoms with Gasteiger partial charge in [-0.1, -0.05) is 99.7 Å². The molecule has 124 valence electrons. The average molecular weight is 327 g/mol. The molecule has 0 unspecified atom stereocenters. The van der Waals surface area contributed by atoms with Crippen LogP contribution in [-0.4, -0.2) is 13.2 Å². The molecule has 0 bridgehead atoms. The number of hydrogen-bond acceptors (Lipinski definition) is 1. The van der Waals surface area contributed by atoms with Crippen LogP contribution in [0.3, 0.4) is 0 Å². The first-order valence-electron chi connectivity index (χ1n) is 8.62. The van der Waals surface area contributed by atoms with Crippen molar-refractivity contribution in [1.82, 2.24) is 0 Å². The normalized spacial score (nSPS) is 16.1. The Morgan fingerprint density at radius 3 is 1.83 bits per heavy atom. The van der Waals surface area contributed by atoms with E-state index in [0.29, 0.717) is 5.54 Å². The Bertz CT molecular complexity index is 606. The summed E-state index contributed by atoms with van der Waals surface area (Å²) in [7, 11) is -1.63. The minimum atomic E-state index is -1.63. The van der Waals surface area contributed by atoms with Crippen LogP contribution in [-0.2, 0) is 5.60 Å². The van der Waals surface area contributed by atoms with Gasteiger partial charge in [0.25, 0.3) is 0 Å². The van der Waals surface area contributed by atoms with Gasteiger partial charge in [0.1, 0.15) is 0 Å². The predicted octanol–water partition coefficient (Wildman–Crippen LogP) is 4.93. The fourth-order valence-corrected chi connectivity index (χ4v) is 5.73. The number of hydrogen-bond donors (Lipinski definition) is 1. The van der Waals surface area contributed by atoms with Gasteiger partial charge in [0.15, 0.2) is 0 Å². The molecule has 2 rings (SSSR count). The van der Waals surface area contributed by atoms with E-state index in [0.717, 1.165) is 12.0 Å². The van der Waals surface area contributed by atoms with Crippen LogP contribution in [0, 0.1) is 5.92 Å². The van der Waals surface area contributed by atoms with E-state index < -0.39 is 13.7 Å². The lowest BCUT2D eigenvalue weighted by molar-refractivity contribution is -0.0194. The molecule has 0 aliphatic carbocycles. The van der Waals surface area contributed by atoms with Crippen LogP contribution < -0.4 is 5.19 Å². The molecule has 0 aliphatic heterocycles. The lowest BCUT2D eigenvalue weighted by Crippen LogP contribution is -2.48. The third kappa shape index (κ3) is 3.76. The van der Waals surface area contributed by atoms with Crippen molar-refractivity contribution in [2.45, 2.75) is 51.4 Å². The Morgan fingerprint density at radius 1 is 0.870 bits per heavy atom. The van der Waals surface area contributed by atoms with Crippen molar-refractivity contribution in [3.63, 3.8) is 0 Å². The maximum atomic E-state index is 11.5. The Hall–Kier alpha value is -1.38. The van der Waals surface area contributed by atoms with Crippen molar-refractivity contribution in [1.29, 1.82) is 0 Å². The first-order valence-corrected chi connectivity index (χ1v) is 11.7. The average Bonchev–Trinajstić information content (AvgIpc) is 2.56. The highest BCUT2D eigenvalue weighted by Crippen LogP contribution is 2.40. The fraction of sp³-hybridized carbons (Fsp3) is 0.429. The largest absolute Gasteiger partial charge is 0.385 e. The molecule has 2 aromatic rings. The van der Waals surface area contributed by atoms with Crippen molar-refractivity contribution >= 4 is 13.3 Å². The maximum absolute atomic E-state index is 11.5. The molecule has 2 heteroatoms. The minimum Gasteiger partial charge on any atom is -0.385 e. The zero-order valence-corrected chi connectivity index (χ0v) is 16.1. The van der Waals surface area contributed by atoms with Crippen molar-refractivity contribution in [2.75, 3.05) is 0 Å². The molecule has 0 amide bonds. The van der Waals surface area contributed by atoms with Gasteiger partial charge in [-0.05, 0) is 23.4 Å². The summed E-state index contributed by atoms with van der Waals surface area (Å²) in [6, 6.07) is 21.0. The Balaban J connectivity index is 2.30. The van der Waals surface area contributed by atoms with E-state index in [2.05, 4.69) is 76.3 Å².